The number of hydrogen-bond acceptors (Lipinski definition) is 7. The largest absolute Gasteiger partial charge is 0.404 e. The van der Waals surface area contributed by atoms with Gasteiger partial charge in [-0.25, -0.2) is 4.98 Å². The van der Waals surface area contributed by atoms with E-state index in [4.69, 9.17) is 11.5 Å². The average Bonchev–Trinajstić information content (AvgIpc) is 2.72. The molecule has 8 nitrogen and oxygen atoms in total. The fourth-order valence-electron chi connectivity index (χ4n) is 3.50. The highest BCUT2D eigenvalue weighted by Gasteiger charge is 2.20. The number of nitrogens with two attached hydrogens (primary N) is 2. The minimum atomic E-state index is 0.140. The fraction of sp³-hybridized carbons (Fsp3) is 0.409. The van der Waals surface area contributed by atoms with Crippen molar-refractivity contribution in [1.82, 2.24) is 14.9 Å². The first-order valence-corrected chi connectivity index (χ1v) is 10.3. The standard InChI is InChI=1S/C22H31N7O/c1-14(2)16(12-23)10-21(24)28-22-5-4-19-20(27-22)11-18(13-25-19)26-17-6-8-29(9-7-17)15(3)30/h4-5,10-14,17,26H,6-9,23-24H2,1-3H3,(H,27,28)/b16-12+,21-10+. The number of carbonyl (C=O) groups is 1. The molecule has 0 bridgehead atoms. The lowest BCUT2D eigenvalue weighted by Gasteiger charge is -2.32. The number of piperidine rings is 1. The second-order valence-electron chi connectivity index (χ2n) is 7.93. The molecule has 0 aromatic carbocycles. The Bertz CT molecular complexity index is 959. The van der Waals surface area contributed by atoms with Crippen LogP contribution in [0.5, 0.6) is 0 Å². The lowest BCUT2D eigenvalue weighted by Crippen LogP contribution is -2.41. The molecule has 0 atom stereocenters. The van der Waals surface area contributed by atoms with Crippen LogP contribution in [0.1, 0.15) is 33.6 Å². The van der Waals surface area contributed by atoms with Gasteiger partial charge in [-0.05, 0) is 54.8 Å². The molecule has 1 saturated heterocycles. The predicted octanol–water partition coefficient (Wildman–Crippen LogP) is 2.76. The highest BCUT2D eigenvalue weighted by atomic mass is 16.2. The lowest BCUT2D eigenvalue weighted by atomic mass is 10.0. The number of nitrogens with one attached hydrogen (secondary N) is 2. The molecule has 6 N–H and O–H groups in total. The number of carbonyl (C=O) groups excluding carboxylic acids is 1. The van der Waals surface area contributed by atoms with Gasteiger partial charge in [0.05, 0.1) is 22.9 Å². The Morgan fingerprint density at radius 1 is 1.27 bits per heavy atom. The van der Waals surface area contributed by atoms with E-state index in [9.17, 15) is 4.79 Å². The van der Waals surface area contributed by atoms with E-state index in [1.165, 1.54) is 0 Å². The number of likely N-dealkylation sites (tertiary alicyclic amines) is 1. The van der Waals surface area contributed by atoms with Gasteiger partial charge in [-0.3, -0.25) is 9.78 Å². The zero-order chi connectivity index (χ0) is 21.7. The highest BCUT2D eigenvalue weighted by molar-refractivity contribution is 5.79. The number of nitrogens with zero attached hydrogens (tertiary/aromatic N) is 3. The van der Waals surface area contributed by atoms with Gasteiger partial charge in [-0.15, -0.1) is 0 Å². The number of rotatable bonds is 6. The second-order valence-corrected chi connectivity index (χ2v) is 7.93. The van der Waals surface area contributed by atoms with Crippen molar-refractivity contribution in [1.29, 1.82) is 0 Å². The van der Waals surface area contributed by atoms with E-state index in [1.54, 1.807) is 13.1 Å². The summed E-state index contributed by atoms with van der Waals surface area (Å²) in [6, 6.07) is 6.07. The first kappa shape index (κ1) is 21.4. The zero-order valence-corrected chi connectivity index (χ0v) is 17.9. The van der Waals surface area contributed by atoms with Crippen LogP contribution in [0.4, 0.5) is 11.5 Å². The SMILES string of the molecule is CC(=O)N1CCC(Nc2cnc3ccc(N/C(N)=C/C(=C\N)C(C)C)nc3c2)CC1. The molecule has 0 radical (unpaired) electrons. The van der Waals surface area contributed by atoms with Crippen LogP contribution in [0, 0.1) is 5.92 Å². The first-order chi connectivity index (χ1) is 14.4. The van der Waals surface area contributed by atoms with Crippen molar-refractivity contribution in [2.75, 3.05) is 23.7 Å². The summed E-state index contributed by atoms with van der Waals surface area (Å²) in [6.07, 6.45) is 7.04. The molecule has 1 aliphatic rings. The first-order valence-electron chi connectivity index (χ1n) is 10.3. The van der Waals surface area contributed by atoms with Crippen LogP contribution in [0.25, 0.3) is 11.0 Å². The summed E-state index contributed by atoms with van der Waals surface area (Å²) in [7, 11) is 0. The van der Waals surface area contributed by atoms with Gasteiger partial charge < -0.3 is 27.0 Å². The normalized spacial score (nSPS) is 16.2. The molecule has 1 amide bonds. The maximum atomic E-state index is 11.5. The summed E-state index contributed by atoms with van der Waals surface area (Å²) < 4.78 is 0. The summed E-state index contributed by atoms with van der Waals surface area (Å²) in [4.78, 5) is 22.5. The second kappa shape index (κ2) is 9.47. The van der Waals surface area contributed by atoms with Crippen LogP contribution in [0.15, 0.2) is 48.1 Å². The molecule has 3 rings (SSSR count). The minimum Gasteiger partial charge on any atom is -0.404 e. The van der Waals surface area contributed by atoms with Crippen molar-refractivity contribution in [3.8, 4) is 0 Å². The quantitative estimate of drug-likeness (QED) is 0.541. The number of amides is 1. The number of hydrogen-bond donors (Lipinski definition) is 4. The number of pyridine rings is 2. The fourth-order valence-corrected chi connectivity index (χ4v) is 3.50. The van der Waals surface area contributed by atoms with Gasteiger partial charge in [0.2, 0.25) is 5.91 Å². The van der Waals surface area contributed by atoms with E-state index < -0.39 is 0 Å². The van der Waals surface area contributed by atoms with Gasteiger partial charge in [0.1, 0.15) is 11.6 Å². The Morgan fingerprint density at radius 2 is 2.00 bits per heavy atom. The lowest BCUT2D eigenvalue weighted by molar-refractivity contribution is -0.129. The van der Waals surface area contributed by atoms with Crippen LogP contribution >= 0.6 is 0 Å². The number of aromatic nitrogens is 2. The third-order valence-electron chi connectivity index (χ3n) is 5.30. The Balaban J connectivity index is 1.70. The maximum Gasteiger partial charge on any atom is 0.219 e. The predicted molar refractivity (Wildman–Crippen MR) is 121 cm³/mol. The Kier molecular flexibility index (Phi) is 6.76. The summed E-state index contributed by atoms with van der Waals surface area (Å²) in [5, 5.41) is 6.64. The summed E-state index contributed by atoms with van der Waals surface area (Å²) in [5.41, 5.74) is 15.2. The molecule has 3 heterocycles. The van der Waals surface area contributed by atoms with E-state index in [1.807, 2.05) is 35.4 Å². The van der Waals surface area contributed by atoms with Crippen LogP contribution in [-0.4, -0.2) is 39.9 Å². The van der Waals surface area contributed by atoms with Crippen molar-refractivity contribution in [2.45, 2.75) is 39.7 Å². The van der Waals surface area contributed by atoms with Crippen LogP contribution in [-0.2, 0) is 4.79 Å². The Labute approximate surface area is 177 Å². The molecular weight excluding hydrogens is 378 g/mol. The van der Waals surface area contributed by atoms with Crippen molar-refractivity contribution in [3.63, 3.8) is 0 Å². The third kappa shape index (κ3) is 5.40. The highest BCUT2D eigenvalue weighted by Crippen LogP contribution is 2.21. The van der Waals surface area contributed by atoms with Crippen LogP contribution in [0.3, 0.4) is 0 Å². The van der Waals surface area contributed by atoms with Gasteiger partial charge in [0, 0.05) is 26.1 Å². The molecule has 1 aliphatic heterocycles. The molecule has 30 heavy (non-hydrogen) atoms. The van der Waals surface area contributed by atoms with E-state index in [0.29, 0.717) is 17.7 Å². The van der Waals surface area contributed by atoms with Gasteiger partial charge in [0.15, 0.2) is 0 Å². The van der Waals surface area contributed by atoms with E-state index in [2.05, 4.69) is 34.4 Å². The molecular formula is C22H31N7O. The van der Waals surface area contributed by atoms with Crippen molar-refractivity contribution in [3.05, 3.63) is 48.1 Å². The summed E-state index contributed by atoms with van der Waals surface area (Å²) >= 11 is 0. The topological polar surface area (TPSA) is 122 Å². The summed E-state index contributed by atoms with van der Waals surface area (Å²) in [5.74, 6) is 1.54. The third-order valence-corrected chi connectivity index (χ3v) is 5.30. The van der Waals surface area contributed by atoms with Crippen molar-refractivity contribution in [2.24, 2.45) is 17.4 Å². The van der Waals surface area contributed by atoms with Gasteiger partial charge in [0.25, 0.3) is 0 Å². The van der Waals surface area contributed by atoms with Crippen LogP contribution < -0.4 is 22.1 Å². The van der Waals surface area contributed by atoms with Crippen molar-refractivity contribution >= 4 is 28.4 Å². The minimum absolute atomic E-state index is 0.140. The summed E-state index contributed by atoms with van der Waals surface area (Å²) in [6.45, 7) is 7.29. The van der Waals surface area contributed by atoms with Gasteiger partial charge in [-0.2, -0.15) is 0 Å². The van der Waals surface area contributed by atoms with Crippen molar-refractivity contribution < 1.29 is 4.79 Å². The van der Waals surface area contributed by atoms with E-state index >= 15 is 0 Å². The van der Waals surface area contributed by atoms with Crippen LogP contribution in [0.2, 0.25) is 0 Å². The Morgan fingerprint density at radius 3 is 2.63 bits per heavy atom. The maximum absolute atomic E-state index is 11.5. The zero-order valence-electron chi connectivity index (χ0n) is 17.9. The number of fused-ring (bicyclic) bond motifs is 1. The average molecular weight is 410 g/mol. The molecule has 0 unspecified atom stereocenters. The van der Waals surface area contributed by atoms with Gasteiger partial charge >= 0.3 is 0 Å². The Hall–Kier alpha value is -3.29. The monoisotopic (exact) mass is 409 g/mol. The molecule has 2 aromatic heterocycles. The molecule has 0 aliphatic carbocycles. The van der Waals surface area contributed by atoms with E-state index in [0.717, 1.165) is 48.2 Å². The molecule has 0 saturated carbocycles. The smallest absolute Gasteiger partial charge is 0.219 e. The number of anilines is 2. The molecule has 8 heteroatoms. The molecule has 2 aromatic rings. The molecule has 1 fully saturated rings. The molecule has 160 valence electrons. The molecule has 0 spiro atoms. The number of allylic oxidation sites excluding steroid dienone is 2. The van der Waals surface area contributed by atoms with Gasteiger partial charge in [-0.1, -0.05) is 13.8 Å². The van der Waals surface area contributed by atoms with E-state index in [-0.39, 0.29) is 11.8 Å².